The Bertz CT molecular complexity index is 448. The van der Waals surface area contributed by atoms with Gasteiger partial charge in [0.25, 0.3) is 0 Å². The Morgan fingerprint density at radius 3 is 2.35 bits per heavy atom. The second kappa shape index (κ2) is 3.45. The summed E-state index contributed by atoms with van der Waals surface area (Å²) >= 11 is 0. The molecular formula is C11H17NO4S. The molecule has 5 nitrogen and oxygen atoms in total. The van der Waals surface area contributed by atoms with Gasteiger partial charge in [0, 0.05) is 0 Å². The SMILES string of the molecule is O=C(C1CCS(=O)(=O)C1)N1CC(O)(C2CC2)C1. The lowest BCUT2D eigenvalue weighted by molar-refractivity contribution is -0.162. The van der Waals surface area contributed by atoms with Gasteiger partial charge >= 0.3 is 0 Å². The summed E-state index contributed by atoms with van der Waals surface area (Å²) in [4.78, 5) is 13.6. The summed E-state index contributed by atoms with van der Waals surface area (Å²) in [6, 6.07) is 0. The van der Waals surface area contributed by atoms with Gasteiger partial charge in [0.15, 0.2) is 9.84 Å². The molecule has 2 aliphatic heterocycles. The maximum Gasteiger partial charge on any atom is 0.226 e. The zero-order chi connectivity index (χ0) is 12.3. The molecule has 1 unspecified atom stereocenters. The van der Waals surface area contributed by atoms with Gasteiger partial charge in [-0.15, -0.1) is 0 Å². The Balaban J connectivity index is 1.58. The monoisotopic (exact) mass is 259 g/mol. The van der Waals surface area contributed by atoms with Crippen LogP contribution in [0.2, 0.25) is 0 Å². The van der Waals surface area contributed by atoms with Gasteiger partial charge in [0.05, 0.1) is 30.5 Å². The predicted octanol–water partition coefficient (Wildman–Crippen LogP) is -0.596. The first-order chi connectivity index (χ1) is 7.90. The van der Waals surface area contributed by atoms with Gasteiger partial charge in [-0.1, -0.05) is 0 Å². The van der Waals surface area contributed by atoms with Crippen LogP contribution in [0.5, 0.6) is 0 Å². The summed E-state index contributed by atoms with van der Waals surface area (Å²) in [6.45, 7) is 0.792. The predicted molar refractivity (Wildman–Crippen MR) is 61.0 cm³/mol. The molecule has 3 rings (SSSR count). The van der Waals surface area contributed by atoms with E-state index in [-0.39, 0.29) is 23.3 Å². The highest BCUT2D eigenvalue weighted by molar-refractivity contribution is 7.91. The molecule has 17 heavy (non-hydrogen) atoms. The van der Waals surface area contributed by atoms with Crippen LogP contribution < -0.4 is 0 Å². The Kier molecular flexibility index (Phi) is 2.32. The molecule has 0 aromatic heterocycles. The van der Waals surface area contributed by atoms with Crippen LogP contribution >= 0.6 is 0 Å². The molecule has 3 fully saturated rings. The van der Waals surface area contributed by atoms with Crippen LogP contribution in [0.25, 0.3) is 0 Å². The number of carbonyl (C=O) groups is 1. The molecule has 1 N–H and O–H groups in total. The molecule has 0 bridgehead atoms. The fourth-order valence-electron chi connectivity index (χ4n) is 2.90. The van der Waals surface area contributed by atoms with Gasteiger partial charge in [-0.2, -0.15) is 0 Å². The molecule has 1 aliphatic carbocycles. The second-order valence-corrected chi connectivity index (χ2v) is 7.90. The van der Waals surface area contributed by atoms with Crippen LogP contribution in [0.4, 0.5) is 0 Å². The lowest BCUT2D eigenvalue weighted by atomic mass is 9.87. The Morgan fingerprint density at radius 2 is 1.88 bits per heavy atom. The molecule has 0 spiro atoms. The number of aliphatic hydroxyl groups is 1. The summed E-state index contributed by atoms with van der Waals surface area (Å²) in [5.41, 5.74) is -0.673. The van der Waals surface area contributed by atoms with Gasteiger partial charge in [0.1, 0.15) is 5.60 Å². The van der Waals surface area contributed by atoms with E-state index in [2.05, 4.69) is 0 Å². The largest absolute Gasteiger partial charge is 0.386 e. The van der Waals surface area contributed by atoms with Gasteiger partial charge in [-0.05, 0) is 25.2 Å². The first-order valence-corrected chi connectivity index (χ1v) is 7.93. The Labute approximate surface area is 101 Å². The third kappa shape index (κ3) is 1.97. The molecule has 0 aromatic carbocycles. The highest BCUT2D eigenvalue weighted by atomic mass is 32.2. The fraction of sp³-hybridized carbons (Fsp3) is 0.909. The van der Waals surface area contributed by atoms with E-state index in [1.165, 1.54) is 0 Å². The number of hydrogen-bond acceptors (Lipinski definition) is 4. The minimum Gasteiger partial charge on any atom is -0.386 e. The number of β-amino-alcohol motifs (C(OH)–C–C–N with tert-alkyl or cyclic N) is 1. The van der Waals surface area contributed by atoms with Gasteiger partial charge in [-0.3, -0.25) is 4.79 Å². The van der Waals surface area contributed by atoms with Crippen LogP contribution in [0.1, 0.15) is 19.3 Å². The van der Waals surface area contributed by atoms with Crippen molar-refractivity contribution in [2.45, 2.75) is 24.9 Å². The number of nitrogens with zero attached hydrogens (tertiary/aromatic N) is 1. The molecular weight excluding hydrogens is 242 g/mol. The summed E-state index contributed by atoms with van der Waals surface area (Å²) in [6.07, 6.45) is 2.55. The normalized spacial score (nSPS) is 34.4. The van der Waals surface area contributed by atoms with Crippen LogP contribution in [0.3, 0.4) is 0 Å². The van der Waals surface area contributed by atoms with Crippen molar-refractivity contribution in [3.8, 4) is 0 Å². The standard InChI is InChI=1S/C11H17NO4S/c13-10(8-3-4-17(15,16)5-8)12-6-11(14,7-12)9-1-2-9/h8-9,14H,1-7H2. The van der Waals surface area contributed by atoms with Crippen LogP contribution in [0.15, 0.2) is 0 Å². The maximum absolute atomic E-state index is 12.0. The average Bonchev–Trinajstić information content (AvgIpc) is 2.98. The molecule has 6 heteroatoms. The maximum atomic E-state index is 12.0. The van der Waals surface area contributed by atoms with E-state index in [4.69, 9.17) is 0 Å². The molecule has 96 valence electrons. The van der Waals surface area contributed by atoms with E-state index >= 15 is 0 Å². The number of likely N-dealkylation sites (tertiary alicyclic amines) is 1. The fourth-order valence-corrected chi connectivity index (χ4v) is 4.63. The third-order valence-electron chi connectivity index (χ3n) is 4.16. The highest BCUT2D eigenvalue weighted by Crippen LogP contribution is 2.45. The molecule has 0 radical (unpaired) electrons. The van der Waals surface area contributed by atoms with Crippen molar-refractivity contribution in [1.29, 1.82) is 0 Å². The molecule has 0 aromatic rings. The Hall–Kier alpha value is -0.620. The Morgan fingerprint density at radius 1 is 1.24 bits per heavy atom. The number of amides is 1. The summed E-state index contributed by atoms with van der Waals surface area (Å²) < 4.78 is 22.6. The highest BCUT2D eigenvalue weighted by Gasteiger charge is 2.54. The quantitative estimate of drug-likeness (QED) is 0.719. The minimum absolute atomic E-state index is 0.00973. The van der Waals surface area contributed by atoms with Crippen molar-refractivity contribution in [3.05, 3.63) is 0 Å². The average molecular weight is 259 g/mol. The molecule has 1 atom stereocenters. The topological polar surface area (TPSA) is 74.7 Å². The van der Waals surface area contributed by atoms with Gasteiger partial charge in [-0.25, -0.2) is 8.42 Å². The first kappa shape index (κ1) is 11.5. The summed E-state index contributed by atoms with van der Waals surface area (Å²) in [5, 5.41) is 10.1. The number of rotatable bonds is 2. The molecule has 3 aliphatic rings. The molecule has 2 heterocycles. The van der Waals surface area contributed by atoms with E-state index in [9.17, 15) is 18.3 Å². The van der Waals surface area contributed by atoms with Crippen molar-refractivity contribution < 1.29 is 18.3 Å². The molecule has 2 saturated heterocycles. The van der Waals surface area contributed by atoms with E-state index < -0.39 is 15.4 Å². The second-order valence-electron chi connectivity index (χ2n) is 5.67. The van der Waals surface area contributed by atoms with E-state index in [0.29, 0.717) is 25.4 Å². The lowest BCUT2D eigenvalue weighted by Crippen LogP contribution is -2.65. The molecule has 1 amide bonds. The molecule has 1 saturated carbocycles. The van der Waals surface area contributed by atoms with E-state index in [0.717, 1.165) is 12.8 Å². The smallest absolute Gasteiger partial charge is 0.226 e. The van der Waals surface area contributed by atoms with Gasteiger partial charge < -0.3 is 10.0 Å². The zero-order valence-electron chi connectivity index (χ0n) is 9.63. The zero-order valence-corrected chi connectivity index (χ0v) is 10.4. The van der Waals surface area contributed by atoms with Crippen molar-refractivity contribution in [3.63, 3.8) is 0 Å². The van der Waals surface area contributed by atoms with Crippen LogP contribution in [0, 0.1) is 11.8 Å². The van der Waals surface area contributed by atoms with Gasteiger partial charge in [0.2, 0.25) is 5.91 Å². The minimum atomic E-state index is -3.00. The van der Waals surface area contributed by atoms with Crippen molar-refractivity contribution in [2.24, 2.45) is 11.8 Å². The van der Waals surface area contributed by atoms with E-state index in [1.54, 1.807) is 4.90 Å². The third-order valence-corrected chi connectivity index (χ3v) is 5.93. The number of sulfone groups is 1. The van der Waals surface area contributed by atoms with Crippen molar-refractivity contribution in [1.82, 2.24) is 4.90 Å². The number of carbonyl (C=O) groups excluding carboxylic acids is 1. The van der Waals surface area contributed by atoms with Crippen LogP contribution in [-0.2, 0) is 14.6 Å². The van der Waals surface area contributed by atoms with Crippen LogP contribution in [-0.4, -0.2) is 54.5 Å². The van der Waals surface area contributed by atoms with Crippen molar-refractivity contribution in [2.75, 3.05) is 24.6 Å². The van der Waals surface area contributed by atoms with E-state index in [1.807, 2.05) is 0 Å². The summed E-state index contributed by atoms with van der Waals surface area (Å²) in [5.74, 6) is 0.0212. The lowest BCUT2D eigenvalue weighted by Gasteiger charge is -2.47. The summed E-state index contributed by atoms with van der Waals surface area (Å²) in [7, 11) is -3.00. The number of hydrogen-bond donors (Lipinski definition) is 1. The first-order valence-electron chi connectivity index (χ1n) is 6.11. The van der Waals surface area contributed by atoms with Crippen molar-refractivity contribution >= 4 is 15.7 Å².